The maximum absolute atomic E-state index is 12.2. The van der Waals surface area contributed by atoms with Crippen molar-refractivity contribution in [3.05, 3.63) is 63.6 Å². The molecule has 0 unspecified atom stereocenters. The number of nitrogens with one attached hydrogen (secondary N) is 1. The van der Waals surface area contributed by atoms with E-state index in [1.54, 1.807) is 25.3 Å². The lowest BCUT2D eigenvalue weighted by molar-refractivity contribution is -0.118. The van der Waals surface area contributed by atoms with E-state index in [0.717, 1.165) is 21.3 Å². The minimum absolute atomic E-state index is 0.161. The summed E-state index contributed by atoms with van der Waals surface area (Å²) < 4.78 is 30.5. The van der Waals surface area contributed by atoms with Crippen LogP contribution in [0.1, 0.15) is 16.7 Å². The van der Waals surface area contributed by atoms with Crippen LogP contribution >= 0.6 is 15.9 Å². The van der Waals surface area contributed by atoms with Gasteiger partial charge in [0.05, 0.1) is 12.9 Å². The monoisotopic (exact) mass is 439 g/mol. The molecule has 140 valence electrons. The number of halogens is 1. The Morgan fingerprint density at radius 3 is 2.65 bits per heavy atom. The number of rotatable bonds is 8. The fraction of sp³-hybridized carbons (Fsp3) is 0.316. The van der Waals surface area contributed by atoms with Gasteiger partial charge in [0.25, 0.3) is 0 Å². The molecule has 7 heteroatoms. The number of benzene rings is 2. The number of carbonyl (C=O) groups is 1. The van der Waals surface area contributed by atoms with Crippen LogP contribution in [0.5, 0.6) is 5.75 Å². The summed E-state index contributed by atoms with van der Waals surface area (Å²) in [6.07, 6.45) is 0.572. The smallest absolute Gasteiger partial charge is 0.235 e. The predicted octanol–water partition coefficient (Wildman–Crippen LogP) is 3.04. The Morgan fingerprint density at radius 2 is 1.96 bits per heavy atom. The molecule has 0 aliphatic rings. The average molecular weight is 440 g/mol. The van der Waals surface area contributed by atoms with Gasteiger partial charge in [0.1, 0.15) is 11.5 Å². The van der Waals surface area contributed by atoms with Crippen LogP contribution in [0.3, 0.4) is 0 Å². The zero-order valence-electron chi connectivity index (χ0n) is 14.8. The molecule has 2 rings (SSSR count). The highest BCUT2D eigenvalue weighted by molar-refractivity contribution is 9.10. The highest BCUT2D eigenvalue weighted by atomic mass is 79.9. The van der Waals surface area contributed by atoms with Gasteiger partial charge < -0.3 is 10.1 Å². The van der Waals surface area contributed by atoms with E-state index in [1.165, 1.54) is 0 Å². The largest absolute Gasteiger partial charge is 0.496 e. The second kappa shape index (κ2) is 9.19. The molecular formula is C19H22BrNO4S. The Hall–Kier alpha value is -1.86. The number of hydrogen-bond donors (Lipinski definition) is 1. The van der Waals surface area contributed by atoms with Gasteiger partial charge in [-0.1, -0.05) is 45.8 Å². The fourth-order valence-corrected chi connectivity index (χ4v) is 4.36. The summed E-state index contributed by atoms with van der Waals surface area (Å²) in [4.78, 5) is 12.0. The molecule has 5 nitrogen and oxygen atoms in total. The molecule has 0 atom stereocenters. The normalized spacial score (nSPS) is 11.2. The number of sulfone groups is 1. The van der Waals surface area contributed by atoms with Gasteiger partial charge in [-0.2, -0.15) is 0 Å². The summed E-state index contributed by atoms with van der Waals surface area (Å²) in [5, 5.41) is 2.67. The molecule has 0 bridgehead atoms. The second-order valence-corrected chi connectivity index (χ2v) is 9.06. The van der Waals surface area contributed by atoms with E-state index in [2.05, 4.69) is 21.2 Å². The number of methoxy groups -OCH3 is 1. The Bertz CT molecular complexity index is 881. The Labute approximate surface area is 162 Å². The molecule has 1 amide bonds. The summed E-state index contributed by atoms with van der Waals surface area (Å²) in [5.74, 6) is -0.422. The molecule has 0 aliphatic carbocycles. The summed E-state index contributed by atoms with van der Waals surface area (Å²) in [5.41, 5.74) is 2.73. The Morgan fingerprint density at radius 1 is 1.19 bits per heavy atom. The van der Waals surface area contributed by atoms with E-state index < -0.39 is 21.5 Å². The van der Waals surface area contributed by atoms with Gasteiger partial charge in [0.15, 0.2) is 9.84 Å². The first-order chi connectivity index (χ1) is 12.3. The SMILES string of the molecule is COc1ccc(C)cc1CCNC(=O)CS(=O)(=O)Cc1cccc(Br)c1. The lowest BCUT2D eigenvalue weighted by Gasteiger charge is -2.10. The quantitative estimate of drug-likeness (QED) is 0.685. The van der Waals surface area contributed by atoms with E-state index in [1.807, 2.05) is 31.2 Å². The first kappa shape index (κ1) is 20.5. The number of hydrogen-bond acceptors (Lipinski definition) is 4. The molecule has 2 aromatic rings. The topological polar surface area (TPSA) is 72.5 Å². The summed E-state index contributed by atoms with van der Waals surface area (Å²) in [7, 11) is -1.92. The van der Waals surface area contributed by atoms with Crippen molar-refractivity contribution in [2.24, 2.45) is 0 Å². The van der Waals surface area contributed by atoms with Gasteiger partial charge >= 0.3 is 0 Å². The van der Waals surface area contributed by atoms with Gasteiger partial charge in [0.2, 0.25) is 5.91 Å². The van der Waals surface area contributed by atoms with Gasteiger partial charge in [-0.15, -0.1) is 0 Å². The van der Waals surface area contributed by atoms with E-state index in [4.69, 9.17) is 4.74 Å². The first-order valence-corrected chi connectivity index (χ1v) is 10.8. The van der Waals surface area contributed by atoms with Crippen molar-refractivity contribution in [3.63, 3.8) is 0 Å². The van der Waals surface area contributed by atoms with Crippen molar-refractivity contribution in [3.8, 4) is 5.75 Å². The number of aryl methyl sites for hydroxylation is 1. The maximum atomic E-state index is 12.2. The highest BCUT2D eigenvalue weighted by Gasteiger charge is 2.17. The molecule has 0 saturated heterocycles. The van der Waals surface area contributed by atoms with Crippen LogP contribution in [-0.2, 0) is 26.8 Å². The number of carbonyl (C=O) groups excluding carboxylic acids is 1. The van der Waals surface area contributed by atoms with Crippen molar-refractivity contribution in [2.75, 3.05) is 19.4 Å². The highest BCUT2D eigenvalue weighted by Crippen LogP contribution is 2.19. The van der Waals surface area contributed by atoms with Gasteiger partial charge in [-0.3, -0.25) is 4.79 Å². The predicted molar refractivity (Wildman–Crippen MR) is 106 cm³/mol. The third-order valence-corrected chi connectivity index (χ3v) is 5.75. The van der Waals surface area contributed by atoms with E-state index in [-0.39, 0.29) is 5.75 Å². The summed E-state index contributed by atoms with van der Waals surface area (Å²) >= 11 is 3.31. The minimum atomic E-state index is -3.52. The molecular weight excluding hydrogens is 418 g/mol. The third kappa shape index (κ3) is 6.46. The van der Waals surface area contributed by atoms with Gasteiger partial charge in [-0.05, 0) is 42.7 Å². The fourth-order valence-electron chi connectivity index (χ4n) is 2.62. The van der Waals surface area contributed by atoms with Crippen LogP contribution < -0.4 is 10.1 Å². The standard InChI is InChI=1S/C19H22BrNO4S/c1-14-6-7-18(25-2)16(10-14)8-9-21-19(22)13-26(23,24)12-15-4-3-5-17(20)11-15/h3-7,10-11H,8-9,12-13H2,1-2H3,(H,21,22). The van der Waals surface area contributed by atoms with Crippen molar-refractivity contribution in [1.29, 1.82) is 0 Å². The summed E-state index contributed by atoms with van der Waals surface area (Å²) in [6.45, 7) is 2.33. The zero-order chi connectivity index (χ0) is 19.2. The zero-order valence-corrected chi connectivity index (χ0v) is 17.2. The lowest BCUT2D eigenvalue weighted by atomic mass is 10.1. The van der Waals surface area contributed by atoms with Crippen molar-refractivity contribution >= 4 is 31.7 Å². The van der Waals surface area contributed by atoms with Gasteiger partial charge in [-0.25, -0.2) is 8.42 Å². The molecule has 0 saturated carbocycles. The number of ether oxygens (including phenoxy) is 1. The molecule has 0 aliphatic heterocycles. The second-order valence-electron chi connectivity index (χ2n) is 6.08. The molecule has 2 aromatic carbocycles. The van der Waals surface area contributed by atoms with Crippen LogP contribution in [0.25, 0.3) is 0 Å². The molecule has 0 fully saturated rings. The first-order valence-electron chi connectivity index (χ1n) is 8.14. The van der Waals surface area contributed by atoms with Gasteiger partial charge in [0, 0.05) is 11.0 Å². The van der Waals surface area contributed by atoms with Crippen molar-refractivity contribution < 1.29 is 17.9 Å². The molecule has 26 heavy (non-hydrogen) atoms. The molecule has 0 radical (unpaired) electrons. The van der Waals surface area contributed by atoms with Crippen LogP contribution in [0, 0.1) is 6.92 Å². The lowest BCUT2D eigenvalue weighted by Crippen LogP contribution is -2.32. The average Bonchev–Trinajstić information content (AvgIpc) is 2.54. The van der Waals surface area contributed by atoms with Crippen molar-refractivity contribution in [1.82, 2.24) is 5.32 Å². The molecule has 0 heterocycles. The Balaban J connectivity index is 1.87. The summed E-state index contributed by atoms with van der Waals surface area (Å²) in [6, 6.07) is 12.9. The molecule has 1 N–H and O–H groups in total. The minimum Gasteiger partial charge on any atom is -0.496 e. The van der Waals surface area contributed by atoms with Crippen LogP contribution in [0.15, 0.2) is 46.9 Å². The molecule has 0 spiro atoms. The molecule has 0 aromatic heterocycles. The van der Waals surface area contributed by atoms with Crippen LogP contribution in [0.4, 0.5) is 0 Å². The number of amides is 1. The van der Waals surface area contributed by atoms with Crippen molar-refractivity contribution in [2.45, 2.75) is 19.1 Å². The Kier molecular flexibility index (Phi) is 7.23. The van der Waals surface area contributed by atoms with Crippen LogP contribution in [-0.4, -0.2) is 33.7 Å². The van der Waals surface area contributed by atoms with E-state index in [0.29, 0.717) is 18.5 Å². The van der Waals surface area contributed by atoms with Crippen LogP contribution in [0.2, 0.25) is 0 Å². The van der Waals surface area contributed by atoms with E-state index >= 15 is 0 Å². The van der Waals surface area contributed by atoms with E-state index in [9.17, 15) is 13.2 Å². The third-order valence-electron chi connectivity index (χ3n) is 3.78. The maximum Gasteiger partial charge on any atom is 0.235 e.